The number of hydrogen-bond donors (Lipinski definition) is 1. The monoisotopic (exact) mass is 285 g/mol. The van der Waals surface area contributed by atoms with Crippen molar-refractivity contribution in [2.24, 2.45) is 0 Å². The zero-order valence-electron chi connectivity index (χ0n) is 11.8. The summed E-state index contributed by atoms with van der Waals surface area (Å²) in [5.41, 5.74) is 1.20. The largest absolute Gasteiger partial charge is 0.494 e. The molecule has 1 rings (SSSR count). The van der Waals surface area contributed by atoms with E-state index in [1.165, 1.54) is 5.56 Å². The Morgan fingerprint density at radius 2 is 1.89 bits per heavy atom. The van der Waals surface area contributed by atoms with Crippen LogP contribution in [0.3, 0.4) is 0 Å². The van der Waals surface area contributed by atoms with Crippen LogP contribution in [0.4, 0.5) is 0 Å². The summed E-state index contributed by atoms with van der Waals surface area (Å²) in [6.07, 6.45) is 0.533. The van der Waals surface area contributed by atoms with Crippen molar-refractivity contribution in [2.45, 2.75) is 26.3 Å². The molecule has 0 radical (unpaired) electrons. The normalized spacial score (nSPS) is 13.2. The molecule has 0 bridgehead atoms. The van der Waals surface area contributed by atoms with Crippen LogP contribution in [-0.2, 0) is 9.84 Å². The fourth-order valence-electron chi connectivity index (χ4n) is 1.63. The summed E-state index contributed by atoms with van der Waals surface area (Å²) >= 11 is 0. The van der Waals surface area contributed by atoms with Gasteiger partial charge in [0.2, 0.25) is 0 Å². The van der Waals surface area contributed by atoms with Crippen LogP contribution < -0.4 is 10.1 Å². The van der Waals surface area contributed by atoms with Gasteiger partial charge in [-0.2, -0.15) is 0 Å². The second kappa shape index (κ2) is 7.50. The van der Waals surface area contributed by atoms with Crippen LogP contribution in [-0.4, -0.2) is 33.6 Å². The Bertz CT molecular complexity index is 468. The van der Waals surface area contributed by atoms with Crippen LogP contribution >= 0.6 is 0 Å². The summed E-state index contributed by atoms with van der Waals surface area (Å²) in [7, 11) is -0.964. The Kier molecular flexibility index (Phi) is 6.31. The standard InChI is InChI=1S/C14H23NO3S/c1-4-19(16,17)11-5-10-18-14-8-6-13(7-9-14)12(2)15-3/h6-9,12,15H,4-5,10-11H2,1-3H3. The molecular formula is C14H23NO3S. The van der Waals surface area contributed by atoms with Gasteiger partial charge in [-0.25, -0.2) is 8.42 Å². The molecule has 0 saturated carbocycles. The summed E-state index contributed by atoms with van der Waals surface area (Å²) in [5.74, 6) is 1.17. The summed E-state index contributed by atoms with van der Waals surface area (Å²) in [4.78, 5) is 0. The van der Waals surface area contributed by atoms with Crippen molar-refractivity contribution in [3.05, 3.63) is 29.8 Å². The van der Waals surface area contributed by atoms with Crippen molar-refractivity contribution in [3.63, 3.8) is 0 Å². The SMILES string of the molecule is CCS(=O)(=O)CCCOc1ccc(C(C)NC)cc1. The first-order valence-corrected chi connectivity index (χ1v) is 8.41. The topological polar surface area (TPSA) is 55.4 Å². The van der Waals surface area contributed by atoms with Crippen molar-refractivity contribution in [2.75, 3.05) is 25.2 Å². The molecule has 0 aliphatic carbocycles. The third-order valence-electron chi connectivity index (χ3n) is 3.12. The number of rotatable bonds is 8. The molecule has 1 unspecified atom stereocenters. The highest BCUT2D eigenvalue weighted by Gasteiger charge is 2.07. The Morgan fingerprint density at radius 3 is 2.42 bits per heavy atom. The maximum absolute atomic E-state index is 11.3. The number of hydrogen-bond acceptors (Lipinski definition) is 4. The molecule has 0 aliphatic heterocycles. The van der Waals surface area contributed by atoms with E-state index in [2.05, 4.69) is 12.2 Å². The molecule has 0 saturated heterocycles. The zero-order chi connectivity index (χ0) is 14.3. The minimum absolute atomic E-state index is 0.193. The van der Waals surface area contributed by atoms with Crippen molar-refractivity contribution < 1.29 is 13.2 Å². The van der Waals surface area contributed by atoms with Crippen molar-refractivity contribution in [1.29, 1.82) is 0 Å². The van der Waals surface area contributed by atoms with Crippen molar-refractivity contribution >= 4 is 9.84 Å². The molecule has 1 N–H and O–H groups in total. The van der Waals surface area contributed by atoms with E-state index in [0.717, 1.165) is 5.75 Å². The molecule has 0 amide bonds. The molecule has 0 spiro atoms. The molecule has 1 atom stereocenters. The predicted molar refractivity (Wildman–Crippen MR) is 78.4 cm³/mol. The Morgan fingerprint density at radius 1 is 1.26 bits per heavy atom. The van der Waals surface area contributed by atoms with Crippen LogP contribution in [0, 0.1) is 0 Å². The lowest BCUT2D eigenvalue weighted by atomic mass is 10.1. The second-order valence-corrected chi connectivity index (χ2v) is 6.99. The maximum Gasteiger partial charge on any atom is 0.150 e. The van der Waals surface area contributed by atoms with Crippen molar-refractivity contribution in [1.82, 2.24) is 5.32 Å². The highest BCUT2D eigenvalue weighted by atomic mass is 32.2. The first-order valence-electron chi connectivity index (χ1n) is 6.59. The highest BCUT2D eigenvalue weighted by Crippen LogP contribution is 2.17. The van der Waals surface area contributed by atoms with E-state index in [1.807, 2.05) is 31.3 Å². The van der Waals surface area contributed by atoms with Gasteiger partial charge in [0.05, 0.1) is 12.4 Å². The fraction of sp³-hybridized carbons (Fsp3) is 0.571. The lowest BCUT2D eigenvalue weighted by Gasteiger charge is -2.11. The van der Waals surface area contributed by atoms with Gasteiger partial charge in [-0.3, -0.25) is 0 Å². The van der Waals surface area contributed by atoms with E-state index in [9.17, 15) is 8.42 Å². The van der Waals surface area contributed by atoms with E-state index in [4.69, 9.17) is 4.74 Å². The summed E-state index contributed by atoms with van der Waals surface area (Å²) < 4.78 is 28.1. The lowest BCUT2D eigenvalue weighted by molar-refractivity contribution is 0.317. The maximum atomic E-state index is 11.3. The Hall–Kier alpha value is -1.07. The van der Waals surface area contributed by atoms with Crippen LogP contribution in [0.2, 0.25) is 0 Å². The van der Waals surface area contributed by atoms with E-state index in [0.29, 0.717) is 19.1 Å². The molecular weight excluding hydrogens is 262 g/mol. The molecule has 0 heterocycles. The molecule has 1 aromatic rings. The zero-order valence-corrected chi connectivity index (χ0v) is 12.7. The second-order valence-electron chi connectivity index (χ2n) is 4.52. The number of ether oxygens (including phenoxy) is 1. The molecule has 108 valence electrons. The van der Waals surface area contributed by atoms with Gasteiger partial charge < -0.3 is 10.1 Å². The molecule has 0 aliphatic rings. The van der Waals surface area contributed by atoms with Gasteiger partial charge in [0.25, 0.3) is 0 Å². The average molecular weight is 285 g/mol. The number of sulfone groups is 1. The number of benzene rings is 1. The van der Waals surface area contributed by atoms with Gasteiger partial charge in [-0.15, -0.1) is 0 Å². The van der Waals surface area contributed by atoms with E-state index < -0.39 is 9.84 Å². The van der Waals surface area contributed by atoms with Gasteiger partial charge in [0, 0.05) is 11.8 Å². The van der Waals surface area contributed by atoms with Gasteiger partial charge in [-0.1, -0.05) is 19.1 Å². The quantitative estimate of drug-likeness (QED) is 0.744. The summed E-state index contributed by atoms with van der Waals surface area (Å²) in [6.45, 7) is 4.18. The van der Waals surface area contributed by atoms with E-state index in [-0.39, 0.29) is 11.5 Å². The molecule has 19 heavy (non-hydrogen) atoms. The minimum Gasteiger partial charge on any atom is -0.494 e. The Labute approximate surface area is 116 Å². The molecule has 0 fully saturated rings. The molecule has 0 aromatic heterocycles. The highest BCUT2D eigenvalue weighted by molar-refractivity contribution is 7.91. The third kappa shape index (κ3) is 5.61. The summed E-state index contributed by atoms with van der Waals surface area (Å²) in [6, 6.07) is 8.16. The van der Waals surface area contributed by atoms with Gasteiger partial charge in [-0.05, 0) is 38.1 Å². The predicted octanol–water partition coefficient (Wildman–Crippen LogP) is 2.17. The van der Waals surface area contributed by atoms with Crippen molar-refractivity contribution in [3.8, 4) is 5.75 Å². The Balaban J connectivity index is 2.38. The lowest BCUT2D eigenvalue weighted by Crippen LogP contribution is -2.12. The first kappa shape index (κ1) is 16.0. The smallest absolute Gasteiger partial charge is 0.150 e. The fourth-order valence-corrected chi connectivity index (χ4v) is 2.48. The van der Waals surface area contributed by atoms with Gasteiger partial charge in [0.1, 0.15) is 15.6 Å². The number of nitrogens with one attached hydrogen (secondary N) is 1. The van der Waals surface area contributed by atoms with E-state index >= 15 is 0 Å². The van der Waals surface area contributed by atoms with Gasteiger partial charge >= 0.3 is 0 Å². The van der Waals surface area contributed by atoms with Crippen LogP contribution in [0.5, 0.6) is 5.75 Å². The summed E-state index contributed by atoms with van der Waals surface area (Å²) in [5, 5.41) is 3.17. The minimum atomic E-state index is -2.88. The molecule has 4 nitrogen and oxygen atoms in total. The molecule has 5 heteroatoms. The van der Waals surface area contributed by atoms with Crippen LogP contribution in [0.15, 0.2) is 24.3 Å². The third-order valence-corrected chi connectivity index (χ3v) is 4.91. The van der Waals surface area contributed by atoms with E-state index in [1.54, 1.807) is 6.92 Å². The van der Waals surface area contributed by atoms with Crippen LogP contribution in [0.1, 0.15) is 31.9 Å². The first-order chi connectivity index (χ1) is 8.98. The van der Waals surface area contributed by atoms with Crippen LogP contribution in [0.25, 0.3) is 0 Å². The molecule has 1 aromatic carbocycles. The van der Waals surface area contributed by atoms with Gasteiger partial charge in [0.15, 0.2) is 0 Å². The average Bonchev–Trinajstić information content (AvgIpc) is 2.43.